The fourth-order valence-corrected chi connectivity index (χ4v) is 2.70. The number of methoxy groups -OCH3 is 2. The number of ether oxygens (including phenoxy) is 5. The summed E-state index contributed by atoms with van der Waals surface area (Å²) >= 11 is 0. The van der Waals surface area contributed by atoms with Gasteiger partial charge >= 0.3 is 11.9 Å². The third kappa shape index (κ3) is 7.25. The lowest BCUT2D eigenvalue weighted by atomic mass is 10.1. The summed E-state index contributed by atoms with van der Waals surface area (Å²) in [4.78, 5) is 24.8. The second-order valence-corrected chi connectivity index (χ2v) is 8.10. The summed E-state index contributed by atoms with van der Waals surface area (Å²) < 4.78 is 26.8. The molecular formula is C24H30O8. The van der Waals surface area contributed by atoms with Crippen LogP contribution in [0.2, 0.25) is 0 Å². The van der Waals surface area contributed by atoms with E-state index in [9.17, 15) is 14.7 Å². The molecule has 2 rings (SSSR count). The van der Waals surface area contributed by atoms with Gasteiger partial charge in [-0.2, -0.15) is 0 Å². The lowest BCUT2D eigenvalue weighted by molar-refractivity contribution is -0.107. The fraction of sp³-hybridized carbons (Fsp3) is 0.417. The number of esters is 2. The summed E-state index contributed by atoms with van der Waals surface area (Å²) in [5.74, 6) is 0.146. The number of aliphatic hydroxyl groups excluding tert-OH is 1. The molecule has 0 aliphatic carbocycles. The van der Waals surface area contributed by atoms with E-state index in [2.05, 4.69) is 0 Å². The minimum absolute atomic E-state index is 0.0323. The van der Waals surface area contributed by atoms with Crippen LogP contribution in [0.3, 0.4) is 0 Å². The van der Waals surface area contributed by atoms with Gasteiger partial charge in [0.25, 0.3) is 0 Å². The van der Waals surface area contributed by atoms with Gasteiger partial charge in [-0.25, -0.2) is 9.59 Å². The molecule has 0 saturated carbocycles. The second kappa shape index (κ2) is 11.0. The molecule has 0 aliphatic rings. The van der Waals surface area contributed by atoms with Crippen molar-refractivity contribution < 1.29 is 38.4 Å². The van der Waals surface area contributed by atoms with Crippen molar-refractivity contribution in [3.8, 4) is 11.5 Å². The molecule has 0 radical (unpaired) electrons. The molecule has 0 spiro atoms. The first-order chi connectivity index (χ1) is 15.1. The normalized spacial score (nSPS) is 13.1. The van der Waals surface area contributed by atoms with Gasteiger partial charge in [0.1, 0.15) is 17.1 Å². The maximum absolute atomic E-state index is 12.4. The minimum atomic E-state index is -1.27. The van der Waals surface area contributed by atoms with Crippen molar-refractivity contribution >= 4 is 11.9 Å². The zero-order chi connectivity index (χ0) is 23.8. The van der Waals surface area contributed by atoms with Crippen molar-refractivity contribution in [3.63, 3.8) is 0 Å². The fourth-order valence-electron chi connectivity index (χ4n) is 2.70. The van der Waals surface area contributed by atoms with Crippen LogP contribution in [0.15, 0.2) is 48.5 Å². The van der Waals surface area contributed by atoms with E-state index in [0.29, 0.717) is 22.6 Å². The lowest BCUT2D eigenvalue weighted by Crippen LogP contribution is -2.43. The van der Waals surface area contributed by atoms with Crippen molar-refractivity contribution in [3.05, 3.63) is 59.7 Å². The first-order valence-corrected chi connectivity index (χ1v) is 10.0. The molecule has 0 aromatic heterocycles. The van der Waals surface area contributed by atoms with Crippen molar-refractivity contribution in [2.75, 3.05) is 34.0 Å². The van der Waals surface area contributed by atoms with Gasteiger partial charge in [-0.05, 0) is 69.3 Å². The molecule has 1 unspecified atom stereocenters. The van der Waals surface area contributed by atoms with Crippen molar-refractivity contribution in [1.82, 2.24) is 0 Å². The van der Waals surface area contributed by atoms with Crippen LogP contribution >= 0.6 is 0 Å². The summed E-state index contributed by atoms with van der Waals surface area (Å²) in [6, 6.07) is 13.0. The predicted octanol–water partition coefficient (Wildman–Crippen LogP) is 3.26. The Morgan fingerprint density at radius 2 is 1.19 bits per heavy atom. The van der Waals surface area contributed by atoms with Gasteiger partial charge in [-0.15, -0.1) is 0 Å². The zero-order valence-corrected chi connectivity index (χ0v) is 19.0. The number of benzene rings is 2. The Bertz CT molecular complexity index is 889. The van der Waals surface area contributed by atoms with Crippen LogP contribution in [-0.2, 0) is 14.2 Å². The number of aliphatic hydroxyl groups is 1. The molecule has 0 saturated heterocycles. The number of carbonyl (C=O) groups excluding carboxylic acids is 2. The van der Waals surface area contributed by atoms with Crippen LogP contribution in [0.25, 0.3) is 0 Å². The molecule has 2 aromatic carbocycles. The van der Waals surface area contributed by atoms with Gasteiger partial charge in [0.05, 0.1) is 45.2 Å². The highest BCUT2D eigenvalue weighted by molar-refractivity contribution is 5.90. The first kappa shape index (κ1) is 25.2. The molecule has 0 amide bonds. The first-order valence-electron chi connectivity index (χ1n) is 10.0. The Morgan fingerprint density at radius 3 is 1.59 bits per heavy atom. The van der Waals surface area contributed by atoms with E-state index in [1.54, 1.807) is 76.4 Å². The van der Waals surface area contributed by atoms with Crippen LogP contribution in [0, 0.1) is 0 Å². The molecule has 0 aliphatic heterocycles. The highest BCUT2D eigenvalue weighted by Crippen LogP contribution is 2.20. The topological polar surface area (TPSA) is 101 Å². The van der Waals surface area contributed by atoms with E-state index in [-0.39, 0.29) is 13.2 Å². The smallest absolute Gasteiger partial charge is 0.338 e. The van der Waals surface area contributed by atoms with Gasteiger partial charge in [-0.3, -0.25) is 0 Å². The molecule has 32 heavy (non-hydrogen) atoms. The Balaban J connectivity index is 1.89. The molecule has 8 heteroatoms. The summed E-state index contributed by atoms with van der Waals surface area (Å²) in [7, 11) is 3.07. The monoisotopic (exact) mass is 446 g/mol. The Kier molecular flexibility index (Phi) is 8.63. The summed E-state index contributed by atoms with van der Waals surface area (Å²) in [5.41, 5.74) is -1.52. The Labute approximate surface area is 188 Å². The molecular weight excluding hydrogens is 416 g/mol. The van der Waals surface area contributed by atoms with Crippen LogP contribution in [0.4, 0.5) is 0 Å². The largest absolute Gasteiger partial charge is 0.497 e. The van der Waals surface area contributed by atoms with Crippen molar-refractivity contribution in [2.45, 2.75) is 32.0 Å². The van der Waals surface area contributed by atoms with E-state index >= 15 is 0 Å². The van der Waals surface area contributed by atoms with Crippen LogP contribution < -0.4 is 9.47 Å². The molecule has 1 N–H and O–H groups in total. The second-order valence-electron chi connectivity index (χ2n) is 8.10. The SMILES string of the molecule is COc1ccc(C(=O)OC(C)(C)COCC(C)(CO)OC(=O)c2ccc(OC)cc2)cc1. The minimum Gasteiger partial charge on any atom is -0.497 e. The highest BCUT2D eigenvalue weighted by Gasteiger charge is 2.31. The standard InChI is InChI=1S/C24H30O8/c1-23(2,31-21(26)17-6-10-19(28-4)11-7-17)15-30-16-24(3,14-25)32-22(27)18-8-12-20(29-5)13-9-18/h6-13,25H,14-16H2,1-5H3. The average molecular weight is 446 g/mol. The summed E-state index contributed by atoms with van der Waals surface area (Å²) in [6.07, 6.45) is 0. The van der Waals surface area contributed by atoms with E-state index in [1.165, 1.54) is 7.11 Å². The van der Waals surface area contributed by atoms with Crippen LogP contribution in [-0.4, -0.2) is 62.3 Å². The van der Waals surface area contributed by atoms with Crippen molar-refractivity contribution in [2.24, 2.45) is 0 Å². The zero-order valence-electron chi connectivity index (χ0n) is 19.0. The molecule has 0 heterocycles. The molecule has 174 valence electrons. The lowest BCUT2D eigenvalue weighted by Gasteiger charge is -2.30. The summed E-state index contributed by atoms with van der Waals surface area (Å²) in [6.45, 7) is 4.47. The third-order valence-corrected chi connectivity index (χ3v) is 4.55. The number of rotatable bonds is 11. The molecule has 2 aromatic rings. The van der Waals surface area contributed by atoms with Gasteiger partial charge in [0.15, 0.2) is 5.60 Å². The van der Waals surface area contributed by atoms with Gasteiger partial charge in [-0.1, -0.05) is 0 Å². The molecule has 1 atom stereocenters. The quantitative estimate of drug-likeness (QED) is 0.525. The highest BCUT2D eigenvalue weighted by atomic mass is 16.6. The van der Waals surface area contributed by atoms with Gasteiger partial charge in [0.2, 0.25) is 0 Å². The predicted molar refractivity (Wildman–Crippen MR) is 117 cm³/mol. The Hall–Kier alpha value is -3.10. The van der Waals surface area contributed by atoms with Gasteiger partial charge < -0.3 is 28.8 Å². The maximum Gasteiger partial charge on any atom is 0.338 e. The van der Waals surface area contributed by atoms with Crippen molar-refractivity contribution in [1.29, 1.82) is 0 Å². The van der Waals surface area contributed by atoms with E-state index in [0.717, 1.165) is 0 Å². The molecule has 0 fully saturated rings. The average Bonchev–Trinajstić information content (AvgIpc) is 2.78. The maximum atomic E-state index is 12.4. The van der Waals surface area contributed by atoms with E-state index in [1.807, 2.05) is 0 Å². The number of carbonyl (C=O) groups is 2. The number of hydrogen-bond acceptors (Lipinski definition) is 8. The molecule has 0 bridgehead atoms. The van der Waals surface area contributed by atoms with Crippen LogP contribution in [0.5, 0.6) is 11.5 Å². The van der Waals surface area contributed by atoms with Crippen LogP contribution in [0.1, 0.15) is 41.5 Å². The summed E-state index contributed by atoms with van der Waals surface area (Å²) in [5, 5.41) is 9.76. The van der Waals surface area contributed by atoms with Gasteiger partial charge in [0, 0.05) is 0 Å². The Morgan fingerprint density at radius 1 is 0.750 bits per heavy atom. The van der Waals surface area contributed by atoms with E-state index < -0.39 is 29.7 Å². The number of hydrogen-bond donors (Lipinski definition) is 1. The third-order valence-electron chi connectivity index (χ3n) is 4.55. The van der Waals surface area contributed by atoms with E-state index in [4.69, 9.17) is 23.7 Å². The molecule has 8 nitrogen and oxygen atoms in total.